The zero-order valence-electron chi connectivity index (χ0n) is 14.3. The van der Waals surface area contributed by atoms with Crippen molar-refractivity contribution in [3.63, 3.8) is 0 Å². The van der Waals surface area contributed by atoms with E-state index in [1.807, 2.05) is 12.1 Å². The fraction of sp³-hybridized carbons (Fsp3) is 0.474. The van der Waals surface area contributed by atoms with Gasteiger partial charge in [0.15, 0.2) is 0 Å². The maximum Gasteiger partial charge on any atom is 0.250 e. The Morgan fingerprint density at radius 3 is 2.29 bits per heavy atom. The van der Waals surface area contributed by atoms with Crippen LogP contribution in [0.15, 0.2) is 49.1 Å². The maximum atomic E-state index is 6.54. The van der Waals surface area contributed by atoms with Gasteiger partial charge in [-0.15, -0.1) is 6.58 Å². The summed E-state index contributed by atoms with van der Waals surface area (Å²) in [6.07, 6.45) is 7.44. The Kier molecular flexibility index (Phi) is 6.47. The zero-order chi connectivity index (χ0) is 15.9. The van der Waals surface area contributed by atoms with Crippen molar-refractivity contribution in [1.82, 2.24) is 0 Å². The van der Waals surface area contributed by atoms with Crippen LogP contribution >= 0.6 is 0 Å². The van der Waals surface area contributed by atoms with Crippen molar-refractivity contribution >= 4 is 14.1 Å². The smallest absolute Gasteiger partial charge is 0.250 e. The molecule has 0 bridgehead atoms. The van der Waals surface area contributed by atoms with Crippen molar-refractivity contribution in [2.24, 2.45) is 0 Å². The lowest BCUT2D eigenvalue weighted by Crippen LogP contribution is -2.40. The molecule has 0 fully saturated rings. The SMILES string of the molecule is C=CCCC/C=C(\O[Si](C)(C)C(C)(C)C)c1ccccc1. The van der Waals surface area contributed by atoms with Crippen LogP contribution in [0.2, 0.25) is 18.1 Å². The first kappa shape index (κ1) is 17.8. The largest absolute Gasteiger partial charge is 0.543 e. The van der Waals surface area contributed by atoms with Gasteiger partial charge >= 0.3 is 0 Å². The van der Waals surface area contributed by atoms with Gasteiger partial charge in [-0.1, -0.05) is 57.2 Å². The molecule has 1 aromatic rings. The Balaban J connectivity index is 2.95. The minimum atomic E-state index is -1.81. The van der Waals surface area contributed by atoms with Crippen molar-refractivity contribution in [2.45, 2.75) is 58.2 Å². The minimum absolute atomic E-state index is 0.210. The fourth-order valence-corrected chi connectivity index (χ4v) is 2.80. The third kappa shape index (κ3) is 5.54. The number of unbranched alkanes of at least 4 members (excludes halogenated alkanes) is 2. The van der Waals surface area contributed by atoms with Gasteiger partial charge in [-0.25, -0.2) is 0 Å². The lowest BCUT2D eigenvalue weighted by molar-refractivity contribution is 0.456. The molecule has 2 heteroatoms. The summed E-state index contributed by atoms with van der Waals surface area (Å²) in [4.78, 5) is 0. The molecule has 0 radical (unpaired) electrons. The van der Waals surface area contributed by atoms with Gasteiger partial charge in [-0.3, -0.25) is 0 Å². The van der Waals surface area contributed by atoms with Crippen molar-refractivity contribution in [3.8, 4) is 0 Å². The second kappa shape index (κ2) is 7.65. The highest BCUT2D eigenvalue weighted by Gasteiger charge is 2.39. The molecule has 0 saturated heterocycles. The quantitative estimate of drug-likeness (QED) is 0.245. The van der Waals surface area contributed by atoms with Crippen LogP contribution in [-0.4, -0.2) is 8.32 Å². The van der Waals surface area contributed by atoms with Gasteiger partial charge < -0.3 is 4.43 Å². The second-order valence-corrected chi connectivity index (χ2v) is 11.7. The summed E-state index contributed by atoms with van der Waals surface area (Å²) in [5.41, 5.74) is 1.18. The normalized spacial score (nSPS) is 13.1. The second-order valence-electron chi connectivity index (χ2n) is 7.02. The monoisotopic (exact) mass is 302 g/mol. The van der Waals surface area contributed by atoms with Crippen molar-refractivity contribution in [1.29, 1.82) is 0 Å². The Bertz CT molecular complexity index is 466. The molecule has 21 heavy (non-hydrogen) atoms. The van der Waals surface area contributed by atoms with Gasteiger partial charge in [0.1, 0.15) is 5.76 Å². The van der Waals surface area contributed by atoms with Crippen LogP contribution in [0.3, 0.4) is 0 Å². The third-order valence-electron chi connectivity index (χ3n) is 4.17. The first-order valence-corrected chi connectivity index (χ1v) is 10.7. The van der Waals surface area contributed by atoms with Gasteiger partial charge in [0.2, 0.25) is 8.32 Å². The van der Waals surface area contributed by atoms with E-state index < -0.39 is 8.32 Å². The first-order chi connectivity index (χ1) is 9.78. The molecule has 0 heterocycles. The van der Waals surface area contributed by atoms with E-state index in [0.29, 0.717) is 0 Å². The lowest BCUT2D eigenvalue weighted by atomic mass is 10.1. The molecule has 0 atom stereocenters. The summed E-state index contributed by atoms with van der Waals surface area (Å²) in [7, 11) is -1.81. The average molecular weight is 303 g/mol. The van der Waals surface area contributed by atoms with E-state index >= 15 is 0 Å². The van der Waals surface area contributed by atoms with Crippen LogP contribution in [0.5, 0.6) is 0 Å². The molecule has 0 amide bonds. The molecule has 1 aromatic carbocycles. The maximum absolute atomic E-state index is 6.54. The molecule has 0 saturated carbocycles. The predicted octanol–water partition coefficient (Wildman–Crippen LogP) is 6.41. The third-order valence-corrected chi connectivity index (χ3v) is 8.51. The van der Waals surface area contributed by atoms with Crippen molar-refractivity contribution in [3.05, 3.63) is 54.6 Å². The van der Waals surface area contributed by atoms with E-state index in [9.17, 15) is 0 Å². The number of hydrogen-bond acceptors (Lipinski definition) is 1. The molecule has 0 spiro atoms. The van der Waals surface area contributed by atoms with Crippen LogP contribution in [0.1, 0.15) is 45.6 Å². The summed E-state index contributed by atoms with van der Waals surface area (Å²) in [5.74, 6) is 1.05. The summed E-state index contributed by atoms with van der Waals surface area (Å²) in [5, 5.41) is 0.210. The molecule has 1 nitrogen and oxygen atoms in total. The highest BCUT2D eigenvalue weighted by atomic mass is 28.4. The van der Waals surface area contributed by atoms with E-state index in [1.54, 1.807) is 0 Å². The van der Waals surface area contributed by atoms with Gasteiger partial charge in [-0.2, -0.15) is 0 Å². The van der Waals surface area contributed by atoms with E-state index in [4.69, 9.17) is 4.43 Å². The standard InChI is InChI=1S/C19H30OSi/c1-7-8-9-13-16-18(17-14-11-10-12-15-17)20-21(5,6)19(2,3)4/h7,10-12,14-16H,1,8-9,13H2,2-6H3/b18-16-. The predicted molar refractivity (Wildman–Crippen MR) is 96.7 cm³/mol. The Hall–Kier alpha value is -1.28. The van der Waals surface area contributed by atoms with E-state index in [0.717, 1.165) is 25.0 Å². The minimum Gasteiger partial charge on any atom is -0.543 e. The van der Waals surface area contributed by atoms with E-state index in [2.05, 4.69) is 70.8 Å². The lowest BCUT2D eigenvalue weighted by Gasteiger charge is -2.37. The van der Waals surface area contributed by atoms with Crippen LogP contribution in [0.4, 0.5) is 0 Å². The van der Waals surface area contributed by atoms with Gasteiger partial charge in [0.25, 0.3) is 0 Å². The highest BCUT2D eigenvalue weighted by molar-refractivity contribution is 6.74. The molecule has 0 aliphatic carbocycles. The van der Waals surface area contributed by atoms with Crippen LogP contribution in [-0.2, 0) is 4.43 Å². The number of hydrogen-bond donors (Lipinski definition) is 0. The molecule has 0 aliphatic rings. The summed E-state index contributed by atoms with van der Waals surface area (Å²) >= 11 is 0. The van der Waals surface area contributed by atoms with Crippen LogP contribution in [0, 0.1) is 0 Å². The van der Waals surface area contributed by atoms with E-state index in [-0.39, 0.29) is 5.04 Å². The average Bonchev–Trinajstić information content (AvgIpc) is 2.42. The Morgan fingerprint density at radius 1 is 1.14 bits per heavy atom. The summed E-state index contributed by atoms with van der Waals surface area (Å²) < 4.78 is 6.54. The first-order valence-electron chi connectivity index (χ1n) is 7.83. The Morgan fingerprint density at radius 2 is 1.76 bits per heavy atom. The molecule has 0 unspecified atom stereocenters. The molecular formula is C19H30OSi. The van der Waals surface area contributed by atoms with Crippen molar-refractivity contribution < 1.29 is 4.43 Å². The van der Waals surface area contributed by atoms with Crippen LogP contribution in [0.25, 0.3) is 5.76 Å². The molecule has 0 aliphatic heterocycles. The zero-order valence-corrected chi connectivity index (χ0v) is 15.3. The molecule has 116 valence electrons. The number of benzene rings is 1. The van der Waals surface area contributed by atoms with E-state index in [1.165, 1.54) is 5.56 Å². The Labute approximate surface area is 131 Å². The molecular weight excluding hydrogens is 272 g/mol. The topological polar surface area (TPSA) is 9.23 Å². The molecule has 0 N–H and O–H groups in total. The molecule has 1 rings (SSSR count). The summed E-state index contributed by atoms with van der Waals surface area (Å²) in [6.45, 7) is 15.2. The number of rotatable bonds is 7. The number of allylic oxidation sites excluding steroid dienone is 2. The molecule has 0 aromatic heterocycles. The van der Waals surface area contributed by atoms with Crippen molar-refractivity contribution in [2.75, 3.05) is 0 Å². The fourth-order valence-electron chi connectivity index (χ4n) is 1.74. The summed E-state index contributed by atoms with van der Waals surface area (Å²) in [6, 6.07) is 10.5. The van der Waals surface area contributed by atoms with Gasteiger partial charge in [0, 0.05) is 5.56 Å². The van der Waals surface area contributed by atoms with Crippen LogP contribution < -0.4 is 0 Å². The van der Waals surface area contributed by atoms with Gasteiger partial charge in [-0.05, 0) is 43.5 Å². The highest BCUT2D eigenvalue weighted by Crippen LogP contribution is 2.39. The van der Waals surface area contributed by atoms with Gasteiger partial charge in [0.05, 0.1) is 0 Å².